The minimum atomic E-state index is -0.599. The number of amides is 1. The van der Waals surface area contributed by atoms with E-state index in [1.807, 2.05) is 48.5 Å². The first kappa shape index (κ1) is 14.5. The fourth-order valence-corrected chi connectivity index (χ4v) is 4.20. The van der Waals surface area contributed by atoms with Crippen LogP contribution in [0.25, 0.3) is 10.2 Å². The van der Waals surface area contributed by atoms with Crippen LogP contribution in [0.15, 0.2) is 48.5 Å². The number of carbonyl (C=O) groups excluding carboxylic acids is 1. The summed E-state index contributed by atoms with van der Waals surface area (Å²) in [6.07, 6.45) is 0. The molecule has 2 unspecified atom stereocenters. The molecule has 1 aliphatic rings. The number of benzene rings is 2. The molecule has 0 radical (unpaired) electrons. The quantitative estimate of drug-likeness (QED) is 0.532. The van der Waals surface area contributed by atoms with Crippen LogP contribution in [0.4, 0.5) is 5.13 Å². The predicted octanol–water partition coefficient (Wildman–Crippen LogP) is 4.00. The number of carbonyl (C=O) groups is 1. The van der Waals surface area contributed by atoms with E-state index in [-0.39, 0.29) is 11.9 Å². The molecule has 1 aliphatic heterocycles. The van der Waals surface area contributed by atoms with E-state index in [2.05, 4.69) is 4.98 Å². The van der Waals surface area contributed by atoms with E-state index in [4.69, 9.17) is 16.3 Å². The van der Waals surface area contributed by atoms with E-state index in [0.717, 1.165) is 21.5 Å². The minimum absolute atomic E-state index is 0.123. The van der Waals surface area contributed by atoms with Gasteiger partial charge in [-0.2, -0.15) is 0 Å². The molecular formula is C17H13ClN2O2S. The van der Waals surface area contributed by atoms with Crippen molar-refractivity contribution < 1.29 is 9.53 Å². The molecule has 1 fully saturated rings. The largest absolute Gasteiger partial charge is 0.496 e. The van der Waals surface area contributed by atoms with Crippen molar-refractivity contribution in [2.24, 2.45) is 0 Å². The van der Waals surface area contributed by atoms with E-state index in [0.29, 0.717) is 5.13 Å². The third-order valence-electron chi connectivity index (χ3n) is 3.97. The van der Waals surface area contributed by atoms with Gasteiger partial charge in [0.25, 0.3) is 0 Å². The van der Waals surface area contributed by atoms with Crippen molar-refractivity contribution in [1.29, 1.82) is 0 Å². The summed E-state index contributed by atoms with van der Waals surface area (Å²) < 4.78 is 6.46. The summed E-state index contributed by atoms with van der Waals surface area (Å²) in [7, 11) is 1.62. The number of alkyl halides is 1. The number of ether oxygens (including phenoxy) is 1. The summed E-state index contributed by atoms with van der Waals surface area (Å²) in [6, 6.07) is 15.2. The molecule has 0 aliphatic carbocycles. The van der Waals surface area contributed by atoms with E-state index >= 15 is 0 Å². The summed E-state index contributed by atoms with van der Waals surface area (Å²) >= 11 is 7.80. The molecule has 4 rings (SSSR count). The van der Waals surface area contributed by atoms with Crippen LogP contribution in [0.2, 0.25) is 0 Å². The zero-order chi connectivity index (χ0) is 16.0. The number of anilines is 1. The second-order valence-corrected chi connectivity index (χ2v) is 6.74. The van der Waals surface area contributed by atoms with Gasteiger partial charge in [-0.05, 0) is 18.2 Å². The number of nitrogens with zero attached hydrogens (tertiary/aromatic N) is 2. The molecule has 1 aromatic heterocycles. The average Bonchev–Trinajstić information content (AvgIpc) is 3.01. The smallest absolute Gasteiger partial charge is 0.249 e. The first-order chi connectivity index (χ1) is 11.2. The Labute approximate surface area is 142 Å². The van der Waals surface area contributed by atoms with Crippen LogP contribution in [-0.4, -0.2) is 23.4 Å². The van der Waals surface area contributed by atoms with Gasteiger partial charge in [0.2, 0.25) is 5.91 Å². The number of thiazole rings is 1. The third kappa shape index (κ3) is 2.19. The Kier molecular flexibility index (Phi) is 3.47. The normalized spacial score (nSPS) is 20.6. The molecule has 3 aromatic rings. The maximum absolute atomic E-state index is 12.3. The number of aromatic nitrogens is 1. The van der Waals surface area contributed by atoms with Crippen molar-refractivity contribution in [3.05, 3.63) is 54.1 Å². The zero-order valence-electron chi connectivity index (χ0n) is 12.3. The number of hydrogen-bond donors (Lipinski definition) is 0. The minimum Gasteiger partial charge on any atom is -0.496 e. The predicted molar refractivity (Wildman–Crippen MR) is 92.5 cm³/mol. The van der Waals surface area contributed by atoms with Crippen molar-refractivity contribution in [1.82, 2.24) is 4.98 Å². The van der Waals surface area contributed by atoms with Gasteiger partial charge in [-0.25, -0.2) is 4.98 Å². The fraction of sp³-hybridized carbons (Fsp3) is 0.176. The number of halogens is 1. The van der Waals surface area contributed by atoms with Gasteiger partial charge in [-0.15, -0.1) is 11.6 Å². The summed E-state index contributed by atoms with van der Waals surface area (Å²) in [4.78, 5) is 18.6. The monoisotopic (exact) mass is 344 g/mol. The van der Waals surface area contributed by atoms with Crippen LogP contribution >= 0.6 is 22.9 Å². The Morgan fingerprint density at radius 2 is 1.91 bits per heavy atom. The molecule has 4 nitrogen and oxygen atoms in total. The Morgan fingerprint density at radius 1 is 1.17 bits per heavy atom. The van der Waals surface area contributed by atoms with Crippen molar-refractivity contribution in [2.75, 3.05) is 12.0 Å². The molecule has 116 valence electrons. The van der Waals surface area contributed by atoms with E-state index in [1.54, 1.807) is 12.0 Å². The average molecular weight is 345 g/mol. The van der Waals surface area contributed by atoms with E-state index < -0.39 is 5.38 Å². The number of hydrogen-bond acceptors (Lipinski definition) is 4. The molecule has 0 bridgehead atoms. The van der Waals surface area contributed by atoms with Crippen LogP contribution in [0, 0.1) is 0 Å². The number of β-lactam (4-membered cyclic amide) rings is 1. The Balaban J connectivity index is 1.79. The molecule has 6 heteroatoms. The van der Waals surface area contributed by atoms with Crippen LogP contribution in [0.1, 0.15) is 11.6 Å². The second kappa shape index (κ2) is 5.51. The summed E-state index contributed by atoms with van der Waals surface area (Å²) in [6.45, 7) is 0. The Morgan fingerprint density at radius 3 is 2.70 bits per heavy atom. The number of rotatable bonds is 3. The summed E-state index contributed by atoms with van der Waals surface area (Å²) in [5.41, 5.74) is 1.78. The van der Waals surface area contributed by atoms with E-state index in [1.165, 1.54) is 11.3 Å². The topological polar surface area (TPSA) is 42.4 Å². The molecule has 2 heterocycles. The number of methoxy groups -OCH3 is 1. The van der Waals surface area contributed by atoms with Gasteiger partial charge >= 0.3 is 0 Å². The van der Waals surface area contributed by atoms with Crippen LogP contribution in [-0.2, 0) is 4.79 Å². The molecule has 1 amide bonds. The van der Waals surface area contributed by atoms with Gasteiger partial charge in [0.15, 0.2) is 5.13 Å². The molecular weight excluding hydrogens is 332 g/mol. The van der Waals surface area contributed by atoms with Gasteiger partial charge in [-0.3, -0.25) is 9.69 Å². The second-order valence-electron chi connectivity index (χ2n) is 5.26. The highest BCUT2D eigenvalue weighted by Gasteiger charge is 2.50. The summed E-state index contributed by atoms with van der Waals surface area (Å²) in [5.74, 6) is 0.600. The first-order valence-electron chi connectivity index (χ1n) is 7.16. The van der Waals surface area contributed by atoms with Crippen LogP contribution in [0.5, 0.6) is 5.75 Å². The highest BCUT2D eigenvalue weighted by molar-refractivity contribution is 7.22. The van der Waals surface area contributed by atoms with Gasteiger partial charge in [-0.1, -0.05) is 41.7 Å². The van der Waals surface area contributed by atoms with Gasteiger partial charge in [0, 0.05) is 5.56 Å². The SMILES string of the molecule is COc1ccccc1C1C(Cl)C(=O)N1c1nc2ccccc2s1. The molecule has 2 atom stereocenters. The molecule has 0 N–H and O–H groups in total. The molecule has 23 heavy (non-hydrogen) atoms. The molecule has 1 saturated heterocycles. The highest BCUT2D eigenvalue weighted by Crippen LogP contribution is 2.46. The Hall–Kier alpha value is -2.11. The van der Waals surface area contributed by atoms with Gasteiger partial charge < -0.3 is 4.74 Å². The fourth-order valence-electron chi connectivity index (χ4n) is 2.84. The lowest BCUT2D eigenvalue weighted by Crippen LogP contribution is -2.56. The van der Waals surface area contributed by atoms with Crippen LogP contribution < -0.4 is 9.64 Å². The van der Waals surface area contributed by atoms with E-state index in [9.17, 15) is 4.79 Å². The maximum atomic E-state index is 12.3. The first-order valence-corrected chi connectivity index (χ1v) is 8.41. The Bertz CT molecular complexity index is 862. The lowest BCUT2D eigenvalue weighted by molar-refractivity contribution is -0.123. The third-order valence-corrected chi connectivity index (χ3v) is 5.44. The van der Waals surface area contributed by atoms with Crippen molar-refractivity contribution in [3.63, 3.8) is 0 Å². The molecule has 0 saturated carbocycles. The number of fused-ring (bicyclic) bond motifs is 1. The zero-order valence-corrected chi connectivity index (χ0v) is 13.8. The molecule has 0 spiro atoms. The molecule has 2 aromatic carbocycles. The lowest BCUT2D eigenvalue weighted by Gasteiger charge is -2.43. The number of para-hydroxylation sites is 2. The van der Waals surface area contributed by atoms with Gasteiger partial charge in [0.05, 0.1) is 23.4 Å². The van der Waals surface area contributed by atoms with Crippen molar-refractivity contribution >= 4 is 44.2 Å². The lowest BCUT2D eigenvalue weighted by atomic mass is 9.93. The van der Waals surface area contributed by atoms with Crippen molar-refractivity contribution in [2.45, 2.75) is 11.4 Å². The standard InChI is InChI=1S/C17H13ClN2O2S/c1-22-12-8-4-2-6-10(12)15-14(18)16(21)20(15)17-19-11-7-3-5-9-13(11)23-17/h2-9,14-15H,1H3. The van der Waals surface area contributed by atoms with Crippen molar-refractivity contribution in [3.8, 4) is 5.75 Å². The maximum Gasteiger partial charge on any atom is 0.249 e. The van der Waals surface area contributed by atoms with Crippen LogP contribution in [0.3, 0.4) is 0 Å². The summed E-state index contributed by atoms with van der Waals surface area (Å²) in [5, 5.41) is 0.0716. The van der Waals surface area contributed by atoms with Gasteiger partial charge in [0.1, 0.15) is 11.1 Å². The highest BCUT2D eigenvalue weighted by atomic mass is 35.5.